The van der Waals surface area contributed by atoms with E-state index >= 15 is 0 Å². The number of hydrogen-bond acceptors (Lipinski definition) is 1. The molecule has 0 aliphatic heterocycles. The third-order valence-electron chi connectivity index (χ3n) is 2.44. The van der Waals surface area contributed by atoms with E-state index in [9.17, 15) is 0 Å². The second-order valence-electron chi connectivity index (χ2n) is 3.53. The summed E-state index contributed by atoms with van der Waals surface area (Å²) in [4.78, 5) is 0. The van der Waals surface area contributed by atoms with Gasteiger partial charge in [0.15, 0.2) is 4.33 Å². The van der Waals surface area contributed by atoms with Crippen molar-refractivity contribution in [2.24, 2.45) is 0 Å². The van der Waals surface area contributed by atoms with Crippen molar-refractivity contribution in [2.45, 2.75) is 4.33 Å². The van der Waals surface area contributed by atoms with Crippen LogP contribution in [0.1, 0.15) is 11.1 Å². The van der Waals surface area contributed by atoms with Crippen molar-refractivity contribution in [2.75, 3.05) is 5.73 Å². The summed E-state index contributed by atoms with van der Waals surface area (Å²) < 4.78 is -1.10. The summed E-state index contributed by atoms with van der Waals surface area (Å²) in [5.41, 5.74) is 8.00. The molecule has 0 bridgehead atoms. The molecule has 2 aromatic carbocycles. The van der Waals surface area contributed by atoms with Gasteiger partial charge in [0.25, 0.3) is 0 Å². The van der Waals surface area contributed by atoms with Gasteiger partial charge in [0, 0.05) is 11.3 Å². The summed E-state index contributed by atoms with van der Waals surface area (Å²) in [5.74, 6) is 0. The van der Waals surface area contributed by atoms with Gasteiger partial charge >= 0.3 is 0 Å². The first-order valence-corrected chi connectivity index (χ1v) is 5.66. The largest absolute Gasteiger partial charge is 0.398 e. The summed E-state index contributed by atoms with van der Waals surface area (Å²) in [6.45, 7) is 0. The van der Waals surface area contributed by atoms with Gasteiger partial charge in [-0.3, -0.25) is 0 Å². The van der Waals surface area contributed by atoms with E-state index in [1.54, 1.807) is 6.07 Å². The van der Waals surface area contributed by atoms with Crippen molar-refractivity contribution in [3.63, 3.8) is 0 Å². The zero-order valence-corrected chi connectivity index (χ0v) is 10.0. The fraction of sp³-hybridized carbons (Fsp3) is 0.0769. The zero-order chi connectivity index (χ0) is 11.6. The van der Waals surface area contributed by atoms with Gasteiger partial charge < -0.3 is 5.73 Å². The summed E-state index contributed by atoms with van der Waals surface area (Å²) in [6.07, 6.45) is 0. The molecule has 3 heteroatoms. The molecule has 0 fully saturated rings. The molecule has 2 rings (SSSR count). The van der Waals surface area contributed by atoms with Crippen LogP contribution in [0.3, 0.4) is 0 Å². The molecule has 0 aliphatic rings. The van der Waals surface area contributed by atoms with E-state index in [0.29, 0.717) is 11.3 Å². The van der Waals surface area contributed by atoms with Crippen LogP contribution >= 0.6 is 23.2 Å². The number of hydrogen-bond donors (Lipinski definition) is 1. The molecule has 1 nitrogen and oxygen atoms in total. The van der Waals surface area contributed by atoms with Gasteiger partial charge in [-0.05, 0) is 11.6 Å². The molecule has 0 saturated carbocycles. The molecule has 2 N–H and O–H groups in total. The lowest BCUT2D eigenvalue weighted by Crippen LogP contribution is -2.14. The fourth-order valence-electron chi connectivity index (χ4n) is 1.59. The molecular formula is C13H11Cl2N. The molecular weight excluding hydrogens is 241 g/mol. The quantitative estimate of drug-likeness (QED) is 0.635. The van der Waals surface area contributed by atoms with E-state index in [0.717, 1.165) is 5.56 Å². The second-order valence-corrected chi connectivity index (χ2v) is 4.86. The van der Waals surface area contributed by atoms with E-state index in [-0.39, 0.29) is 0 Å². The number of rotatable bonds is 2. The van der Waals surface area contributed by atoms with Crippen LogP contribution in [-0.4, -0.2) is 0 Å². The summed E-state index contributed by atoms with van der Waals surface area (Å²) in [7, 11) is 0. The predicted molar refractivity (Wildman–Crippen MR) is 69.8 cm³/mol. The van der Waals surface area contributed by atoms with E-state index in [4.69, 9.17) is 28.9 Å². The standard InChI is InChI=1S/C13H11Cl2N/c14-13(15,10-6-2-1-3-7-10)11-8-4-5-9-12(11)16/h1-9H,16H2. The third kappa shape index (κ3) is 2.01. The summed E-state index contributed by atoms with van der Waals surface area (Å²) in [6, 6.07) is 16.8. The van der Waals surface area contributed by atoms with Crippen LogP contribution in [0.5, 0.6) is 0 Å². The lowest BCUT2D eigenvalue weighted by molar-refractivity contribution is 1.04. The number of alkyl halides is 2. The fourth-order valence-corrected chi connectivity index (χ4v) is 2.18. The van der Waals surface area contributed by atoms with Gasteiger partial charge in [0.1, 0.15) is 0 Å². The van der Waals surface area contributed by atoms with Crippen LogP contribution in [0.25, 0.3) is 0 Å². The average Bonchev–Trinajstić information content (AvgIpc) is 2.30. The monoisotopic (exact) mass is 251 g/mol. The van der Waals surface area contributed by atoms with Crippen molar-refractivity contribution >= 4 is 28.9 Å². The molecule has 0 unspecified atom stereocenters. The van der Waals surface area contributed by atoms with Crippen molar-refractivity contribution in [3.05, 3.63) is 65.7 Å². The Kier molecular flexibility index (Phi) is 3.08. The van der Waals surface area contributed by atoms with E-state index in [1.165, 1.54) is 0 Å². The highest BCUT2D eigenvalue weighted by atomic mass is 35.5. The van der Waals surface area contributed by atoms with Crippen LogP contribution in [0.15, 0.2) is 54.6 Å². The summed E-state index contributed by atoms with van der Waals surface area (Å²) in [5, 5.41) is 0. The molecule has 0 amide bonds. The van der Waals surface area contributed by atoms with Gasteiger partial charge in [-0.25, -0.2) is 0 Å². The van der Waals surface area contributed by atoms with Gasteiger partial charge in [-0.1, -0.05) is 71.7 Å². The lowest BCUT2D eigenvalue weighted by atomic mass is 10.0. The lowest BCUT2D eigenvalue weighted by Gasteiger charge is -2.22. The minimum atomic E-state index is -1.10. The maximum absolute atomic E-state index is 6.38. The van der Waals surface area contributed by atoms with Crippen LogP contribution in [-0.2, 0) is 4.33 Å². The van der Waals surface area contributed by atoms with Crippen molar-refractivity contribution in [3.8, 4) is 0 Å². The van der Waals surface area contributed by atoms with E-state index < -0.39 is 4.33 Å². The second kappa shape index (κ2) is 4.36. The smallest absolute Gasteiger partial charge is 0.170 e. The van der Waals surface area contributed by atoms with Crippen LogP contribution in [0.2, 0.25) is 0 Å². The van der Waals surface area contributed by atoms with Crippen LogP contribution in [0, 0.1) is 0 Å². The highest BCUT2D eigenvalue weighted by Gasteiger charge is 2.30. The maximum atomic E-state index is 6.38. The zero-order valence-electron chi connectivity index (χ0n) is 8.53. The highest BCUT2D eigenvalue weighted by Crippen LogP contribution is 2.42. The molecule has 0 radical (unpaired) electrons. The van der Waals surface area contributed by atoms with Gasteiger partial charge in [-0.15, -0.1) is 0 Å². The van der Waals surface area contributed by atoms with Crippen LogP contribution in [0.4, 0.5) is 5.69 Å². The predicted octanol–water partition coefficient (Wildman–Crippen LogP) is 3.95. The van der Waals surface area contributed by atoms with Gasteiger partial charge in [0.2, 0.25) is 0 Å². The Hall–Kier alpha value is -1.18. The first kappa shape index (κ1) is 11.3. The summed E-state index contributed by atoms with van der Waals surface area (Å²) >= 11 is 12.8. The minimum absolute atomic E-state index is 0.594. The van der Waals surface area contributed by atoms with Crippen LogP contribution < -0.4 is 5.73 Å². The number of anilines is 1. The molecule has 0 heterocycles. The topological polar surface area (TPSA) is 26.0 Å². The number of halogens is 2. The normalized spacial score (nSPS) is 11.4. The SMILES string of the molecule is Nc1ccccc1C(Cl)(Cl)c1ccccc1. The Bertz CT molecular complexity index is 480. The molecule has 2 aromatic rings. The molecule has 0 atom stereocenters. The maximum Gasteiger partial charge on any atom is 0.170 e. The Balaban J connectivity index is 2.51. The molecule has 0 aromatic heterocycles. The van der Waals surface area contributed by atoms with E-state index in [1.807, 2.05) is 48.5 Å². The first-order valence-electron chi connectivity index (χ1n) is 4.90. The Morgan fingerprint density at radius 1 is 0.812 bits per heavy atom. The molecule has 0 spiro atoms. The Labute approximate surface area is 105 Å². The van der Waals surface area contributed by atoms with Gasteiger partial charge in [0.05, 0.1) is 0 Å². The Morgan fingerprint density at radius 3 is 2.00 bits per heavy atom. The Morgan fingerprint density at radius 2 is 1.38 bits per heavy atom. The molecule has 16 heavy (non-hydrogen) atoms. The molecule has 82 valence electrons. The number of para-hydroxylation sites is 1. The number of nitrogens with two attached hydrogens (primary N) is 1. The van der Waals surface area contributed by atoms with E-state index in [2.05, 4.69) is 0 Å². The highest BCUT2D eigenvalue weighted by molar-refractivity contribution is 6.50. The molecule has 0 aliphatic carbocycles. The van der Waals surface area contributed by atoms with Crippen molar-refractivity contribution in [1.82, 2.24) is 0 Å². The average molecular weight is 252 g/mol. The number of nitrogen functional groups attached to an aromatic ring is 1. The van der Waals surface area contributed by atoms with Gasteiger partial charge in [-0.2, -0.15) is 0 Å². The molecule has 0 saturated heterocycles. The third-order valence-corrected chi connectivity index (χ3v) is 3.28. The minimum Gasteiger partial charge on any atom is -0.398 e. The first-order chi connectivity index (χ1) is 7.62. The van der Waals surface area contributed by atoms with Crippen molar-refractivity contribution < 1.29 is 0 Å². The van der Waals surface area contributed by atoms with Crippen molar-refractivity contribution in [1.29, 1.82) is 0 Å². The number of benzene rings is 2.